The summed E-state index contributed by atoms with van der Waals surface area (Å²) in [5.41, 5.74) is 1.04. The minimum Gasteiger partial charge on any atom is -0.299 e. The monoisotopic (exact) mass is 217 g/mol. The first-order chi connectivity index (χ1) is 7.84. The van der Waals surface area contributed by atoms with Gasteiger partial charge in [0.2, 0.25) is 0 Å². The number of hydrogen-bond acceptors (Lipinski definition) is 2. The van der Waals surface area contributed by atoms with E-state index in [1.165, 1.54) is 25.7 Å². The molecule has 16 heavy (non-hydrogen) atoms. The van der Waals surface area contributed by atoms with Crippen LogP contribution in [0, 0.1) is 5.92 Å². The predicted octanol–water partition coefficient (Wildman–Crippen LogP) is 3.16. The Labute approximate surface area is 97.1 Å². The molecule has 2 rings (SSSR count). The van der Waals surface area contributed by atoms with E-state index in [9.17, 15) is 4.79 Å². The Hall–Kier alpha value is -1.18. The van der Waals surface area contributed by atoms with Gasteiger partial charge in [-0.05, 0) is 24.0 Å². The molecule has 1 fully saturated rings. The topological polar surface area (TPSA) is 30.0 Å². The quantitative estimate of drug-likeness (QED) is 0.758. The van der Waals surface area contributed by atoms with Crippen LogP contribution in [-0.4, -0.2) is 10.8 Å². The summed E-state index contributed by atoms with van der Waals surface area (Å²) >= 11 is 0. The predicted molar refractivity (Wildman–Crippen MR) is 64.1 cm³/mol. The molecule has 0 radical (unpaired) electrons. The van der Waals surface area contributed by atoms with Crippen LogP contribution in [0.1, 0.15) is 44.1 Å². The van der Waals surface area contributed by atoms with E-state index in [4.69, 9.17) is 0 Å². The Kier molecular flexibility index (Phi) is 4.09. The van der Waals surface area contributed by atoms with Crippen molar-refractivity contribution >= 4 is 5.78 Å². The van der Waals surface area contributed by atoms with Crippen LogP contribution in [0.4, 0.5) is 0 Å². The van der Waals surface area contributed by atoms with Gasteiger partial charge in [-0.25, -0.2) is 0 Å². The fourth-order valence-electron chi connectivity index (χ4n) is 2.48. The highest BCUT2D eigenvalue weighted by Crippen LogP contribution is 2.28. The van der Waals surface area contributed by atoms with Crippen LogP contribution in [0.3, 0.4) is 0 Å². The van der Waals surface area contributed by atoms with Crippen molar-refractivity contribution < 1.29 is 4.79 Å². The lowest BCUT2D eigenvalue weighted by molar-refractivity contribution is -0.118. The van der Waals surface area contributed by atoms with E-state index in [1.807, 2.05) is 12.1 Å². The minimum atomic E-state index is 0.361. The molecule has 86 valence electrons. The SMILES string of the molecule is O=C(CCC1CCCC1)Cc1cccnc1. The standard InChI is InChI=1S/C14H19NO/c16-14(8-7-12-4-1-2-5-12)10-13-6-3-9-15-11-13/h3,6,9,11-12H,1-2,4-5,7-8,10H2. The highest BCUT2D eigenvalue weighted by molar-refractivity contribution is 5.80. The van der Waals surface area contributed by atoms with Crippen LogP contribution in [0.25, 0.3) is 0 Å². The van der Waals surface area contributed by atoms with Crippen LogP contribution in [0.5, 0.6) is 0 Å². The molecule has 0 saturated heterocycles. The maximum Gasteiger partial charge on any atom is 0.137 e. The first kappa shape index (κ1) is 11.3. The van der Waals surface area contributed by atoms with Gasteiger partial charge in [0.1, 0.15) is 5.78 Å². The van der Waals surface area contributed by atoms with Crippen molar-refractivity contribution in [2.75, 3.05) is 0 Å². The number of ketones is 1. The van der Waals surface area contributed by atoms with Gasteiger partial charge in [-0.15, -0.1) is 0 Å². The summed E-state index contributed by atoms with van der Waals surface area (Å²) in [6.45, 7) is 0. The van der Waals surface area contributed by atoms with E-state index >= 15 is 0 Å². The molecule has 1 aliphatic rings. The molecule has 0 aliphatic heterocycles. The largest absolute Gasteiger partial charge is 0.299 e. The normalized spacial score (nSPS) is 16.5. The van der Waals surface area contributed by atoms with E-state index in [0.717, 1.165) is 24.3 Å². The molecule has 1 aromatic heterocycles. The number of Topliss-reactive ketones (excluding diaryl/α,β-unsaturated/α-hetero) is 1. The first-order valence-corrected chi connectivity index (χ1v) is 6.25. The number of rotatable bonds is 5. The van der Waals surface area contributed by atoms with Crippen LogP contribution < -0.4 is 0 Å². The lowest BCUT2D eigenvalue weighted by Gasteiger charge is -2.07. The van der Waals surface area contributed by atoms with Crippen molar-refractivity contribution in [3.05, 3.63) is 30.1 Å². The molecular formula is C14H19NO. The van der Waals surface area contributed by atoms with E-state index in [1.54, 1.807) is 12.4 Å². The third-order valence-corrected chi connectivity index (χ3v) is 3.43. The van der Waals surface area contributed by atoms with Gasteiger partial charge in [-0.2, -0.15) is 0 Å². The third-order valence-electron chi connectivity index (χ3n) is 3.43. The van der Waals surface area contributed by atoms with Crippen molar-refractivity contribution in [2.24, 2.45) is 5.92 Å². The molecule has 0 atom stereocenters. The van der Waals surface area contributed by atoms with Gasteiger partial charge in [-0.1, -0.05) is 31.7 Å². The Balaban J connectivity index is 1.72. The zero-order chi connectivity index (χ0) is 11.2. The molecule has 1 aliphatic carbocycles. The molecular weight excluding hydrogens is 198 g/mol. The summed E-state index contributed by atoms with van der Waals surface area (Å²) in [6.07, 6.45) is 11.3. The molecule has 0 bridgehead atoms. The van der Waals surface area contributed by atoms with Gasteiger partial charge in [0.25, 0.3) is 0 Å². The fourth-order valence-corrected chi connectivity index (χ4v) is 2.48. The van der Waals surface area contributed by atoms with Gasteiger partial charge < -0.3 is 0 Å². The second-order valence-corrected chi connectivity index (χ2v) is 4.77. The minimum absolute atomic E-state index is 0.361. The molecule has 0 N–H and O–H groups in total. The molecule has 0 amide bonds. The van der Waals surface area contributed by atoms with Gasteiger partial charge in [0.15, 0.2) is 0 Å². The van der Waals surface area contributed by atoms with Crippen LogP contribution >= 0.6 is 0 Å². The van der Waals surface area contributed by atoms with Crippen molar-refractivity contribution in [2.45, 2.75) is 44.9 Å². The van der Waals surface area contributed by atoms with Gasteiger partial charge in [0, 0.05) is 25.2 Å². The molecule has 2 nitrogen and oxygen atoms in total. The van der Waals surface area contributed by atoms with Gasteiger partial charge >= 0.3 is 0 Å². The Morgan fingerprint density at radius 1 is 1.38 bits per heavy atom. The molecule has 0 aromatic carbocycles. The third kappa shape index (κ3) is 3.44. The van der Waals surface area contributed by atoms with E-state index in [0.29, 0.717) is 12.2 Å². The Bertz CT molecular complexity index is 328. The summed E-state index contributed by atoms with van der Waals surface area (Å²) in [5, 5.41) is 0. The van der Waals surface area contributed by atoms with Gasteiger partial charge in [0.05, 0.1) is 0 Å². The second-order valence-electron chi connectivity index (χ2n) is 4.77. The lowest BCUT2D eigenvalue weighted by Crippen LogP contribution is -2.05. The number of carbonyl (C=O) groups is 1. The molecule has 2 heteroatoms. The van der Waals surface area contributed by atoms with Crippen LogP contribution in [-0.2, 0) is 11.2 Å². The summed E-state index contributed by atoms with van der Waals surface area (Å²) in [7, 11) is 0. The maximum absolute atomic E-state index is 11.7. The number of nitrogens with zero attached hydrogens (tertiary/aromatic N) is 1. The summed E-state index contributed by atoms with van der Waals surface area (Å²) in [6, 6.07) is 3.86. The number of pyridine rings is 1. The van der Waals surface area contributed by atoms with E-state index < -0.39 is 0 Å². The first-order valence-electron chi connectivity index (χ1n) is 6.25. The van der Waals surface area contributed by atoms with Crippen LogP contribution in [0.15, 0.2) is 24.5 Å². The number of hydrogen-bond donors (Lipinski definition) is 0. The van der Waals surface area contributed by atoms with Crippen molar-refractivity contribution in [3.63, 3.8) is 0 Å². The highest BCUT2D eigenvalue weighted by Gasteiger charge is 2.16. The average molecular weight is 217 g/mol. The lowest BCUT2D eigenvalue weighted by atomic mass is 9.98. The highest BCUT2D eigenvalue weighted by atomic mass is 16.1. The molecule has 0 spiro atoms. The Morgan fingerprint density at radius 3 is 2.88 bits per heavy atom. The zero-order valence-electron chi connectivity index (χ0n) is 9.69. The second kappa shape index (κ2) is 5.78. The zero-order valence-corrected chi connectivity index (χ0v) is 9.69. The summed E-state index contributed by atoms with van der Waals surface area (Å²) < 4.78 is 0. The van der Waals surface area contributed by atoms with Crippen molar-refractivity contribution in [3.8, 4) is 0 Å². The fraction of sp³-hybridized carbons (Fsp3) is 0.571. The summed E-state index contributed by atoms with van der Waals surface area (Å²) in [5.74, 6) is 1.18. The van der Waals surface area contributed by atoms with E-state index in [-0.39, 0.29) is 0 Å². The summed E-state index contributed by atoms with van der Waals surface area (Å²) in [4.78, 5) is 15.8. The number of aromatic nitrogens is 1. The van der Waals surface area contributed by atoms with Crippen molar-refractivity contribution in [1.82, 2.24) is 4.98 Å². The number of carbonyl (C=O) groups excluding carboxylic acids is 1. The van der Waals surface area contributed by atoms with Crippen LogP contribution in [0.2, 0.25) is 0 Å². The van der Waals surface area contributed by atoms with Gasteiger partial charge in [-0.3, -0.25) is 9.78 Å². The smallest absolute Gasteiger partial charge is 0.137 e. The van der Waals surface area contributed by atoms with E-state index in [2.05, 4.69) is 4.98 Å². The molecule has 1 saturated carbocycles. The molecule has 1 heterocycles. The molecule has 0 unspecified atom stereocenters. The maximum atomic E-state index is 11.7. The Morgan fingerprint density at radius 2 is 2.19 bits per heavy atom. The van der Waals surface area contributed by atoms with Crippen molar-refractivity contribution in [1.29, 1.82) is 0 Å². The molecule has 1 aromatic rings. The average Bonchev–Trinajstić information content (AvgIpc) is 2.81.